The normalized spacial score (nSPS) is 10.2. The van der Waals surface area contributed by atoms with E-state index < -0.39 is 5.91 Å². The van der Waals surface area contributed by atoms with E-state index in [4.69, 9.17) is 5.21 Å². The molecule has 2 aromatic rings. The van der Waals surface area contributed by atoms with Crippen LogP contribution in [0.1, 0.15) is 35.7 Å². The lowest BCUT2D eigenvalue weighted by Crippen LogP contribution is -2.31. The molecule has 0 aliphatic rings. The summed E-state index contributed by atoms with van der Waals surface area (Å²) in [4.78, 5) is 25.6. The monoisotopic (exact) mass is 326 g/mol. The van der Waals surface area contributed by atoms with Gasteiger partial charge < -0.3 is 4.90 Å². The largest absolute Gasteiger partial charge is 0.308 e. The average Bonchev–Trinajstić information content (AvgIpc) is 2.64. The van der Waals surface area contributed by atoms with Gasteiger partial charge in [-0.15, -0.1) is 0 Å². The summed E-state index contributed by atoms with van der Waals surface area (Å²) in [7, 11) is 0. The fourth-order valence-corrected chi connectivity index (χ4v) is 2.46. The fourth-order valence-electron chi connectivity index (χ4n) is 2.46. The first-order valence-corrected chi connectivity index (χ1v) is 8.04. The molecule has 2 aromatic carbocycles. The first kappa shape index (κ1) is 17.7. The summed E-state index contributed by atoms with van der Waals surface area (Å²) in [5, 5.41) is 8.50. The molecule has 2 amide bonds. The Bertz CT molecular complexity index is 669. The highest BCUT2D eigenvalue weighted by atomic mass is 16.5. The molecule has 0 atom stereocenters. The zero-order chi connectivity index (χ0) is 17.4. The lowest BCUT2D eigenvalue weighted by molar-refractivity contribution is -0.129. The molecule has 24 heavy (non-hydrogen) atoms. The Hall–Kier alpha value is -2.66. The highest BCUT2D eigenvalue weighted by Crippen LogP contribution is 2.18. The van der Waals surface area contributed by atoms with Crippen LogP contribution >= 0.6 is 0 Å². The molecule has 0 saturated carbocycles. The summed E-state index contributed by atoms with van der Waals surface area (Å²) in [5.74, 6) is -0.462. The average molecular weight is 326 g/mol. The number of nitrogens with one attached hydrogen (secondary N) is 1. The Balaban J connectivity index is 2.11. The third kappa shape index (κ3) is 4.67. The van der Waals surface area contributed by atoms with Crippen LogP contribution in [0.25, 0.3) is 0 Å². The van der Waals surface area contributed by atoms with Crippen molar-refractivity contribution in [3.8, 4) is 0 Å². The molecule has 0 bridgehead atoms. The molecule has 0 unspecified atom stereocenters. The van der Waals surface area contributed by atoms with Gasteiger partial charge in [0.25, 0.3) is 5.91 Å². The van der Waals surface area contributed by atoms with Gasteiger partial charge in [-0.25, -0.2) is 5.48 Å². The summed E-state index contributed by atoms with van der Waals surface area (Å²) in [5.41, 5.74) is 4.05. The van der Waals surface area contributed by atoms with E-state index in [0.717, 1.165) is 17.7 Å². The Labute approximate surface area is 141 Å². The molecular formula is C19H22N2O3. The van der Waals surface area contributed by atoms with Gasteiger partial charge in [0.05, 0.1) is 0 Å². The maximum atomic E-state index is 12.8. The molecule has 0 heterocycles. The van der Waals surface area contributed by atoms with Crippen LogP contribution < -0.4 is 10.4 Å². The second-order valence-electron chi connectivity index (χ2n) is 5.52. The van der Waals surface area contributed by atoms with Crippen molar-refractivity contribution in [3.05, 3.63) is 65.7 Å². The van der Waals surface area contributed by atoms with Crippen molar-refractivity contribution >= 4 is 17.5 Å². The van der Waals surface area contributed by atoms with Gasteiger partial charge in [-0.1, -0.05) is 37.3 Å². The summed E-state index contributed by atoms with van der Waals surface area (Å²) < 4.78 is 0. The van der Waals surface area contributed by atoms with Crippen LogP contribution in [0.2, 0.25) is 0 Å². The molecule has 126 valence electrons. The lowest BCUT2D eigenvalue weighted by Gasteiger charge is -2.22. The van der Waals surface area contributed by atoms with Crippen LogP contribution in [0.4, 0.5) is 5.69 Å². The number of rotatable bonds is 7. The Morgan fingerprint density at radius 3 is 2.29 bits per heavy atom. The molecule has 0 aliphatic carbocycles. The van der Waals surface area contributed by atoms with E-state index in [9.17, 15) is 9.59 Å². The number of nitrogens with zero attached hydrogens (tertiary/aromatic N) is 1. The van der Waals surface area contributed by atoms with E-state index >= 15 is 0 Å². The quantitative estimate of drug-likeness (QED) is 0.606. The van der Waals surface area contributed by atoms with E-state index in [-0.39, 0.29) is 12.3 Å². The molecule has 0 saturated heterocycles. The molecule has 2 N–H and O–H groups in total. The SMILES string of the molecule is CCCN(C(=O)c1ccc(CCC(=O)NO)cc1)c1ccccc1. The van der Waals surface area contributed by atoms with E-state index in [1.165, 1.54) is 0 Å². The standard InChI is InChI=1S/C19H22N2O3/c1-2-14-21(17-6-4-3-5-7-17)19(23)16-11-8-15(9-12-16)10-13-18(22)20-24/h3-9,11-12,24H,2,10,13-14H2,1H3,(H,20,22). The molecule has 2 rings (SSSR count). The third-order valence-electron chi connectivity index (χ3n) is 3.73. The van der Waals surface area contributed by atoms with Gasteiger partial charge in [-0.05, 0) is 42.7 Å². The molecular weight excluding hydrogens is 304 g/mol. The minimum Gasteiger partial charge on any atom is -0.308 e. The molecule has 0 spiro atoms. The van der Waals surface area contributed by atoms with E-state index in [0.29, 0.717) is 18.5 Å². The number of anilines is 1. The minimum absolute atomic E-state index is 0.0392. The topological polar surface area (TPSA) is 69.6 Å². The van der Waals surface area contributed by atoms with Crippen molar-refractivity contribution in [2.45, 2.75) is 26.2 Å². The summed E-state index contributed by atoms with van der Waals surface area (Å²) >= 11 is 0. The number of amides is 2. The maximum Gasteiger partial charge on any atom is 0.258 e. The molecule has 5 nitrogen and oxygen atoms in total. The second-order valence-corrected chi connectivity index (χ2v) is 5.52. The Morgan fingerprint density at radius 2 is 1.71 bits per heavy atom. The van der Waals surface area contributed by atoms with Gasteiger partial charge in [-0.2, -0.15) is 0 Å². The van der Waals surface area contributed by atoms with Crippen LogP contribution in [0.15, 0.2) is 54.6 Å². The minimum atomic E-state index is -0.423. The van der Waals surface area contributed by atoms with Crippen molar-refractivity contribution < 1.29 is 14.8 Å². The number of para-hydroxylation sites is 1. The number of carbonyl (C=O) groups is 2. The Kier molecular flexibility index (Phi) is 6.51. The molecule has 0 fully saturated rings. The number of hydrogen-bond donors (Lipinski definition) is 2. The summed E-state index contributed by atoms with van der Waals surface area (Å²) in [6.07, 6.45) is 1.59. The zero-order valence-corrected chi connectivity index (χ0v) is 13.7. The van der Waals surface area contributed by atoms with Crippen molar-refractivity contribution in [2.75, 3.05) is 11.4 Å². The Morgan fingerprint density at radius 1 is 1.04 bits per heavy atom. The first-order chi connectivity index (χ1) is 11.7. The zero-order valence-electron chi connectivity index (χ0n) is 13.7. The van der Waals surface area contributed by atoms with Crippen LogP contribution in [0.3, 0.4) is 0 Å². The molecule has 0 aromatic heterocycles. The van der Waals surface area contributed by atoms with Gasteiger partial charge >= 0.3 is 0 Å². The second kappa shape index (κ2) is 8.84. The van der Waals surface area contributed by atoms with Gasteiger partial charge in [0, 0.05) is 24.2 Å². The molecule has 0 radical (unpaired) electrons. The predicted molar refractivity (Wildman–Crippen MR) is 93.1 cm³/mol. The van der Waals surface area contributed by atoms with Crippen LogP contribution in [-0.2, 0) is 11.2 Å². The van der Waals surface area contributed by atoms with Crippen molar-refractivity contribution in [1.29, 1.82) is 0 Å². The predicted octanol–water partition coefficient (Wildman–Crippen LogP) is 3.18. The fraction of sp³-hybridized carbons (Fsp3) is 0.263. The van der Waals surface area contributed by atoms with Gasteiger partial charge in [0.15, 0.2) is 0 Å². The number of aryl methyl sites for hydroxylation is 1. The van der Waals surface area contributed by atoms with Gasteiger partial charge in [0.1, 0.15) is 0 Å². The highest BCUT2D eigenvalue weighted by molar-refractivity contribution is 6.06. The summed E-state index contributed by atoms with van der Waals surface area (Å²) in [6.45, 7) is 2.69. The highest BCUT2D eigenvalue weighted by Gasteiger charge is 2.16. The number of benzene rings is 2. The van der Waals surface area contributed by atoms with Crippen molar-refractivity contribution in [1.82, 2.24) is 5.48 Å². The number of carbonyl (C=O) groups excluding carboxylic acids is 2. The van der Waals surface area contributed by atoms with Crippen LogP contribution in [0.5, 0.6) is 0 Å². The number of hydrogen-bond acceptors (Lipinski definition) is 3. The smallest absolute Gasteiger partial charge is 0.258 e. The van der Waals surface area contributed by atoms with Crippen molar-refractivity contribution in [3.63, 3.8) is 0 Å². The van der Waals surface area contributed by atoms with Gasteiger partial charge in [0.2, 0.25) is 5.91 Å². The number of hydroxylamine groups is 1. The molecule has 0 aliphatic heterocycles. The first-order valence-electron chi connectivity index (χ1n) is 8.04. The van der Waals surface area contributed by atoms with E-state index in [1.807, 2.05) is 49.4 Å². The van der Waals surface area contributed by atoms with E-state index in [1.54, 1.807) is 22.5 Å². The van der Waals surface area contributed by atoms with E-state index in [2.05, 4.69) is 0 Å². The lowest BCUT2D eigenvalue weighted by atomic mass is 10.1. The molecule has 5 heteroatoms. The third-order valence-corrected chi connectivity index (χ3v) is 3.73. The van der Waals surface area contributed by atoms with Crippen LogP contribution in [-0.4, -0.2) is 23.6 Å². The van der Waals surface area contributed by atoms with Crippen molar-refractivity contribution in [2.24, 2.45) is 0 Å². The maximum absolute atomic E-state index is 12.8. The van der Waals surface area contributed by atoms with Crippen LogP contribution in [0, 0.1) is 0 Å². The van der Waals surface area contributed by atoms with Gasteiger partial charge in [-0.3, -0.25) is 14.8 Å². The summed E-state index contributed by atoms with van der Waals surface area (Å²) in [6, 6.07) is 16.8.